The molecule has 3 rings (SSSR count). The number of carbonyl (C=O) groups is 1. The number of amides is 2. The predicted octanol–water partition coefficient (Wildman–Crippen LogP) is 4.41. The van der Waals surface area contributed by atoms with Gasteiger partial charge < -0.3 is 10.2 Å². The molecule has 1 N–H and O–H groups in total. The first-order valence-electron chi connectivity index (χ1n) is 7.15. The summed E-state index contributed by atoms with van der Waals surface area (Å²) in [6.07, 6.45) is 0. The number of urea groups is 1. The van der Waals surface area contributed by atoms with Crippen LogP contribution in [-0.4, -0.2) is 23.2 Å². The van der Waals surface area contributed by atoms with Gasteiger partial charge in [-0.15, -0.1) is 11.8 Å². The third kappa shape index (κ3) is 3.09. The minimum atomic E-state index is -0.274. The van der Waals surface area contributed by atoms with Crippen LogP contribution >= 0.6 is 11.8 Å². The smallest absolute Gasteiger partial charge is 0.308 e. The van der Waals surface area contributed by atoms with Gasteiger partial charge in [-0.05, 0) is 36.2 Å². The van der Waals surface area contributed by atoms with E-state index in [1.165, 1.54) is 12.1 Å². The van der Waals surface area contributed by atoms with Crippen LogP contribution < -0.4 is 5.32 Å². The van der Waals surface area contributed by atoms with E-state index in [4.69, 9.17) is 0 Å². The van der Waals surface area contributed by atoms with Crippen molar-refractivity contribution < 1.29 is 9.18 Å². The highest BCUT2D eigenvalue weighted by Gasteiger charge is 2.31. The fourth-order valence-corrected chi connectivity index (χ4v) is 3.76. The number of nitrogens with zero attached hydrogens (tertiary/aromatic N) is 1. The Balaban J connectivity index is 1.78. The summed E-state index contributed by atoms with van der Waals surface area (Å²) in [5.41, 5.74) is 2.65. The summed E-state index contributed by atoms with van der Waals surface area (Å²) in [5, 5.41) is 2.81. The van der Waals surface area contributed by atoms with Gasteiger partial charge in [0.25, 0.3) is 0 Å². The number of halogens is 1. The fraction of sp³-hybridized carbons (Fsp3) is 0.235. The van der Waals surface area contributed by atoms with Gasteiger partial charge in [0.1, 0.15) is 11.2 Å². The minimum absolute atomic E-state index is 0.139. The zero-order chi connectivity index (χ0) is 15.5. The maximum absolute atomic E-state index is 13.4. The van der Waals surface area contributed by atoms with Crippen molar-refractivity contribution in [3.05, 3.63) is 65.5 Å². The molecule has 0 spiro atoms. The van der Waals surface area contributed by atoms with Crippen molar-refractivity contribution in [1.29, 1.82) is 0 Å². The second-order valence-electron chi connectivity index (χ2n) is 5.22. The van der Waals surface area contributed by atoms with Crippen molar-refractivity contribution in [2.24, 2.45) is 0 Å². The predicted molar refractivity (Wildman–Crippen MR) is 88.5 cm³/mol. The summed E-state index contributed by atoms with van der Waals surface area (Å²) in [6.45, 7) is 2.61. The highest BCUT2D eigenvalue weighted by molar-refractivity contribution is 7.99. The van der Waals surface area contributed by atoms with Gasteiger partial charge in [-0.1, -0.05) is 30.3 Å². The molecule has 0 radical (unpaired) electrons. The maximum atomic E-state index is 13.4. The zero-order valence-electron chi connectivity index (χ0n) is 12.3. The van der Waals surface area contributed by atoms with E-state index >= 15 is 0 Å². The Bertz CT molecular complexity index is 692. The molecule has 5 heteroatoms. The molecular formula is C17H17FN2OS. The Kier molecular flexibility index (Phi) is 4.34. The molecule has 2 aromatic rings. The molecule has 1 heterocycles. The number of aryl methyl sites for hydroxylation is 1. The topological polar surface area (TPSA) is 32.3 Å². The van der Waals surface area contributed by atoms with Crippen LogP contribution in [0.5, 0.6) is 0 Å². The zero-order valence-corrected chi connectivity index (χ0v) is 13.1. The molecule has 1 aliphatic heterocycles. The van der Waals surface area contributed by atoms with Gasteiger partial charge in [0.15, 0.2) is 0 Å². The molecule has 3 nitrogen and oxygen atoms in total. The summed E-state index contributed by atoms with van der Waals surface area (Å²) in [6, 6.07) is 14.0. The summed E-state index contributed by atoms with van der Waals surface area (Å²) >= 11 is 1.65. The number of nitrogens with one attached hydrogen (secondary N) is 1. The van der Waals surface area contributed by atoms with Crippen molar-refractivity contribution in [3.8, 4) is 0 Å². The Morgan fingerprint density at radius 3 is 2.86 bits per heavy atom. The first kappa shape index (κ1) is 14.9. The second kappa shape index (κ2) is 6.40. The number of hydrogen-bond acceptors (Lipinski definition) is 2. The molecule has 0 bridgehead atoms. The average molecular weight is 316 g/mol. The van der Waals surface area contributed by atoms with Gasteiger partial charge >= 0.3 is 6.03 Å². The summed E-state index contributed by atoms with van der Waals surface area (Å²) in [7, 11) is 0. The van der Waals surface area contributed by atoms with Crippen LogP contribution in [0, 0.1) is 12.7 Å². The molecular weight excluding hydrogens is 299 g/mol. The number of benzene rings is 2. The number of carbonyl (C=O) groups excluding carboxylic acids is 1. The monoisotopic (exact) mass is 316 g/mol. The molecule has 0 aromatic heterocycles. The van der Waals surface area contributed by atoms with Crippen molar-refractivity contribution in [1.82, 2.24) is 4.90 Å². The van der Waals surface area contributed by atoms with Crippen LogP contribution in [0.1, 0.15) is 16.5 Å². The highest BCUT2D eigenvalue weighted by atomic mass is 32.2. The van der Waals surface area contributed by atoms with Crippen LogP contribution in [0.3, 0.4) is 0 Å². The molecule has 2 aromatic carbocycles. The lowest BCUT2D eigenvalue weighted by Crippen LogP contribution is -2.34. The molecule has 2 amide bonds. The fourth-order valence-electron chi connectivity index (χ4n) is 2.51. The number of thioether (sulfide) groups is 1. The second-order valence-corrected chi connectivity index (χ2v) is 6.40. The molecule has 1 aliphatic rings. The van der Waals surface area contributed by atoms with Crippen LogP contribution in [0.4, 0.5) is 14.9 Å². The third-order valence-electron chi connectivity index (χ3n) is 3.67. The Labute approximate surface area is 133 Å². The van der Waals surface area contributed by atoms with Gasteiger partial charge in [0, 0.05) is 18.0 Å². The van der Waals surface area contributed by atoms with Crippen LogP contribution in [-0.2, 0) is 0 Å². The number of rotatable bonds is 2. The third-order valence-corrected chi connectivity index (χ3v) is 4.93. The minimum Gasteiger partial charge on any atom is -0.308 e. The normalized spacial score (nSPS) is 17.5. The number of para-hydroxylation sites is 1. The molecule has 0 aliphatic carbocycles. The lowest BCUT2D eigenvalue weighted by molar-refractivity contribution is 0.214. The molecule has 0 saturated carbocycles. The van der Waals surface area contributed by atoms with Crippen LogP contribution in [0.15, 0.2) is 48.5 Å². The first-order valence-corrected chi connectivity index (χ1v) is 8.20. The van der Waals surface area contributed by atoms with Gasteiger partial charge in [0.05, 0.1) is 0 Å². The molecule has 0 unspecified atom stereocenters. The van der Waals surface area contributed by atoms with Crippen LogP contribution in [0.2, 0.25) is 0 Å². The van der Waals surface area contributed by atoms with E-state index in [2.05, 4.69) is 5.32 Å². The van der Waals surface area contributed by atoms with E-state index in [1.54, 1.807) is 22.7 Å². The standard InChI is InChI=1S/C17H17FN2OS/c1-12-5-2-3-8-15(12)19-17(21)20-9-10-22-16(20)13-6-4-7-14(18)11-13/h2-8,11,16H,9-10H2,1H3,(H,19,21)/t16-/m1/s1. The average Bonchev–Trinajstić information content (AvgIpc) is 2.99. The van der Waals surface area contributed by atoms with E-state index in [1.807, 2.05) is 37.3 Å². The van der Waals surface area contributed by atoms with Crippen LogP contribution in [0.25, 0.3) is 0 Å². The van der Waals surface area contributed by atoms with Crippen molar-refractivity contribution in [2.75, 3.05) is 17.6 Å². The van der Waals surface area contributed by atoms with Crippen molar-refractivity contribution >= 4 is 23.5 Å². The molecule has 114 valence electrons. The van der Waals surface area contributed by atoms with E-state index in [-0.39, 0.29) is 17.2 Å². The highest BCUT2D eigenvalue weighted by Crippen LogP contribution is 2.38. The summed E-state index contributed by atoms with van der Waals surface area (Å²) < 4.78 is 13.4. The number of hydrogen-bond donors (Lipinski definition) is 1. The molecule has 1 saturated heterocycles. The lowest BCUT2D eigenvalue weighted by Gasteiger charge is -2.24. The SMILES string of the molecule is Cc1ccccc1NC(=O)N1CCS[C@@H]1c1cccc(F)c1. The van der Waals surface area contributed by atoms with Gasteiger partial charge in [-0.3, -0.25) is 0 Å². The van der Waals surface area contributed by atoms with E-state index in [0.29, 0.717) is 6.54 Å². The van der Waals surface area contributed by atoms with Gasteiger partial charge in [0.2, 0.25) is 0 Å². The largest absolute Gasteiger partial charge is 0.323 e. The Hall–Kier alpha value is -2.01. The first-order chi connectivity index (χ1) is 10.6. The molecule has 22 heavy (non-hydrogen) atoms. The number of anilines is 1. The van der Waals surface area contributed by atoms with E-state index in [9.17, 15) is 9.18 Å². The van der Waals surface area contributed by atoms with E-state index in [0.717, 1.165) is 22.6 Å². The van der Waals surface area contributed by atoms with Crippen molar-refractivity contribution in [2.45, 2.75) is 12.3 Å². The van der Waals surface area contributed by atoms with E-state index < -0.39 is 0 Å². The molecule has 1 fully saturated rings. The van der Waals surface area contributed by atoms with Gasteiger partial charge in [-0.25, -0.2) is 9.18 Å². The lowest BCUT2D eigenvalue weighted by atomic mass is 10.2. The maximum Gasteiger partial charge on any atom is 0.323 e. The molecule has 1 atom stereocenters. The van der Waals surface area contributed by atoms with Crippen molar-refractivity contribution in [3.63, 3.8) is 0 Å². The quantitative estimate of drug-likeness (QED) is 0.890. The summed E-state index contributed by atoms with van der Waals surface area (Å²) in [4.78, 5) is 14.3. The Morgan fingerprint density at radius 2 is 2.09 bits per heavy atom. The summed E-state index contributed by atoms with van der Waals surface area (Å²) in [5.74, 6) is 0.576. The Morgan fingerprint density at radius 1 is 1.27 bits per heavy atom. The van der Waals surface area contributed by atoms with Gasteiger partial charge in [-0.2, -0.15) is 0 Å².